The number of hydrogen-bond acceptors (Lipinski definition) is 8. The van der Waals surface area contributed by atoms with Crippen LogP contribution in [0.15, 0.2) is 29.3 Å². The first kappa shape index (κ1) is 21.5. The Morgan fingerprint density at radius 2 is 2.11 bits per heavy atom. The van der Waals surface area contributed by atoms with Crippen molar-refractivity contribution in [2.45, 2.75) is 30.8 Å². The number of fused-ring (bicyclic) bond motifs is 4. The average molecular weight is 499 g/mol. The van der Waals surface area contributed by atoms with Crippen LogP contribution in [-0.2, 0) is 4.74 Å². The summed E-state index contributed by atoms with van der Waals surface area (Å²) >= 11 is 0. The zero-order valence-corrected chi connectivity index (χ0v) is 19.0. The molecule has 0 spiro atoms. The maximum absolute atomic E-state index is 13.7. The molecule has 0 radical (unpaired) electrons. The minimum Gasteiger partial charge on any atom is -0.485 e. The number of rotatable bonds is 5. The van der Waals surface area contributed by atoms with E-state index < -0.39 is 17.9 Å². The molecule has 7 rings (SSSR count). The molecule has 11 nitrogen and oxygen atoms in total. The monoisotopic (exact) mass is 499 g/mol. The summed E-state index contributed by atoms with van der Waals surface area (Å²) in [4.78, 5) is 30.7. The van der Waals surface area contributed by atoms with Gasteiger partial charge in [0.05, 0.1) is 32.0 Å². The van der Waals surface area contributed by atoms with Crippen LogP contribution < -0.4 is 26.2 Å². The number of alkyl halides is 2. The molecule has 3 fully saturated rings. The second-order valence-electron chi connectivity index (χ2n) is 9.65. The van der Waals surface area contributed by atoms with Gasteiger partial charge in [0.25, 0.3) is 17.4 Å². The van der Waals surface area contributed by atoms with Crippen molar-refractivity contribution in [1.82, 2.24) is 24.5 Å². The van der Waals surface area contributed by atoms with Crippen LogP contribution in [0.2, 0.25) is 0 Å². The molecule has 188 valence electrons. The number of nitrogens with one attached hydrogen (secondary N) is 3. The predicted molar refractivity (Wildman–Crippen MR) is 123 cm³/mol. The summed E-state index contributed by atoms with van der Waals surface area (Å²) in [5, 5.41) is 12.9. The van der Waals surface area contributed by atoms with Crippen LogP contribution in [0.5, 0.6) is 5.75 Å². The Hall–Kier alpha value is -3.74. The molecule has 0 bridgehead atoms. The van der Waals surface area contributed by atoms with Gasteiger partial charge in [-0.25, -0.2) is 13.8 Å². The lowest BCUT2D eigenvalue weighted by Crippen LogP contribution is -2.55. The van der Waals surface area contributed by atoms with Crippen molar-refractivity contribution in [1.29, 1.82) is 0 Å². The maximum Gasteiger partial charge on any atom is 0.274 e. The van der Waals surface area contributed by atoms with Gasteiger partial charge in [0.2, 0.25) is 5.75 Å². The SMILES string of the molecule is O=C(N[C@@H]1CCC1(F)F)c1cnn2c3c(c(Nc4cccn([C@H]5[C@@H]6COC[C@@H]65)c4=O)nc12)OCCN3. The summed E-state index contributed by atoms with van der Waals surface area (Å²) in [5.74, 6) is -1.89. The number of hydrogen-bond donors (Lipinski definition) is 3. The fourth-order valence-electron chi connectivity index (χ4n) is 5.35. The predicted octanol–water partition coefficient (Wildman–Crippen LogP) is 1.78. The van der Waals surface area contributed by atoms with Crippen LogP contribution in [0.25, 0.3) is 5.65 Å². The van der Waals surface area contributed by atoms with Crippen LogP contribution in [0.1, 0.15) is 29.2 Å². The zero-order chi connectivity index (χ0) is 24.6. The Kier molecular flexibility index (Phi) is 4.56. The molecule has 0 unspecified atom stereocenters. The van der Waals surface area contributed by atoms with Gasteiger partial charge < -0.3 is 30.0 Å². The summed E-state index contributed by atoms with van der Waals surface area (Å²) in [6.45, 7) is 2.17. The van der Waals surface area contributed by atoms with E-state index in [2.05, 4.69) is 26.0 Å². The molecule has 2 saturated carbocycles. The van der Waals surface area contributed by atoms with Crippen LogP contribution in [0.4, 0.5) is 26.1 Å². The molecule has 4 aliphatic rings. The molecular weight excluding hydrogens is 476 g/mol. The van der Waals surface area contributed by atoms with Gasteiger partial charge in [-0.05, 0) is 18.6 Å². The van der Waals surface area contributed by atoms with E-state index in [0.29, 0.717) is 55.5 Å². The molecule has 1 saturated heterocycles. The Balaban J connectivity index is 1.25. The van der Waals surface area contributed by atoms with Crippen molar-refractivity contribution in [3.05, 3.63) is 40.4 Å². The topological polar surface area (TPSA) is 124 Å². The van der Waals surface area contributed by atoms with E-state index in [1.54, 1.807) is 22.9 Å². The number of anilines is 3. The highest BCUT2D eigenvalue weighted by atomic mass is 19.3. The van der Waals surface area contributed by atoms with Crippen molar-refractivity contribution in [2.75, 3.05) is 37.0 Å². The molecule has 3 aromatic heterocycles. The molecule has 3 N–H and O–H groups in total. The summed E-state index contributed by atoms with van der Waals surface area (Å²) < 4.78 is 41.9. The van der Waals surface area contributed by atoms with Crippen molar-refractivity contribution >= 4 is 28.9 Å². The Labute approximate surface area is 202 Å². The second-order valence-corrected chi connectivity index (χ2v) is 9.65. The third-order valence-corrected chi connectivity index (χ3v) is 7.53. The van der Waals surface area contributed by atoms with Gasteiger partial charge in [-0.1, -0.05) is 0 Å². The minimum absolute atomic E-state index is 0.0483. The number of carbonyl (C=O) groups is 1. The Bertz CT molecular complexity index is 1440. The molecule has 2 aliphatic carbocycles. The number of ether oxygens (including phenoxy) is 2. The number of halogens is 2. The second kappa shape index (κ2) is 7.63. The molecule has 3 aromatic rings. The highest BCUT2D eigenvalue weighted by Crippen LogP contribution is 2.53. The lowest BCUT2D eigenvalue weighted by Gasteiger charge is -2.36. The van der Waals surface area contributed by atoms with Crippen molar-refractivity contribution in [3.8, 4) is 5.75 Å². The van der Waals surface area contributed by atoms with Crippen LogP contribution in [0.3, 0.4) is 0 Å². The van der Waals surface area contributed by atoms with Crippen LogP contribution in [0, 0.1) is 11.8 Å². The van der Waals surface area contributed by atoms with Gasteiger partial charge in [0.15, 0.2) is 17.3 Å². The zero-order valence-electron chi connectivity index (χ0n) is 19.0. The standard InChI is InChI=1S/C23H23F2N7O4/c24-23(25)4-3-15(23)29-21(33)11-8-27-32-19(11)30-18(17-20(32)26-5-7-36-17)28-14-2-1-6-31(22(14)34)16-12-9-35-10-13(12)16/h1-2,6,8,12-13,15-16,26H,3-5,7,9-10H2,(H,28,30)(H,29,33)/t12-,13+,15-,16+/m1/s1. The van der Waals surface area contributed by atoms with E-state index in [0.717, 1.165) is 0 Å². The van der Waals surface area contributed by atoms with Crippen molar-refractivity contribution in [3.63, 3.8) is 0 Å². The molecule has 5 heterocycles. The van der Waals surface area contributed by atoms with Gasteiger partial charge in [0, 0.05) is 30.5 Å². The number of amides is 1. The number of nitrogens with zero attached hydrogens (tertiary/aromatic N) is 4. The minimum atomic E-state index is -2.92. The fraction of sp³-hybridized carbons (Fsp3) is 0.478. The molecule has 4 atom stereocenters. The molecule has 0 aromatic carbocycles. The average Bonchev–Trinajstić information content (AvgIpc) is 3.20. The molecule has 36 heavy (non-hydrogen) atoms. The smallest absolute Gasteiger partial charge is 0.274 e. The largest absolute Gasteiger partial charge is 0.485 e. The number of aromatic nitrogens is 4. The highest BCUT2D eigenvalue weighted by molar-refractivity contribution is 6.00. The lowest BCUT2D eigenvalue weighted by atomic mass is 9.88. The van der Waals surface area contributed by atoms with E-state index in [1.807, 2.05) is 0 Å². The summed E-state index contributed by atoms with van der Waals surface area (Å²) in [7, 11) is 0. The van der Waals surface area contributed by atoms with Gasteiger partial charge in [-0.3, -0.25) is 9.59 Å². The van der Waals surface area contributed by atoms with E-state index >= 15 is 0 Å². The normalized spacial score (nSPS) is 27.3. The molecular formula is C23H23F2N7O4. The third-order valence-electron chi connectivity index (χ3n) is 7.53. The summed E-state index contributed by atoms with van der Waals surface area (Å²) in [6.07, 6.45) is 3.02. The molecule has 13 heteroatoms. The van der Waals surface area contributed by atoms with Crippen molar-refractivity contribution < 1.29 is 23.0 Å². The van der Waals surface area contributed by atoms with Crippen LogP contribution >= 0.6 is 0 Å². The first-order valence-electron chi connectivity index (χ1n) is 12.0. The van der Waals surface area contributed by atoms with Crippen molar-refractivity contribution in [2.24, 2.45) is 11.8 Å². The van der Waals surface area contributed by atoms with E-state index in [4.69, 9.17) is 9.47 Å². The quantitative estimate of drug-likeness (QED) is 0.486. The van der Waals surface area contributed by atoms with E-state index in [-0.39, 0.29) is 41.5 Å². The summed E-state index contributed by atoms with van der Waals surface area (Å²) in [6, 6.07) is 2.35. The fourth-order valence-corrected chi connectivity index (χ4v) is 5.35. The first-order valence-corrected chi connectivity index (χ1v) is 12.0. The van der Waals surface area contributed by atoms with Gasteiger partial charge in [-0.2, -0.15) is 9.61 Å². The third kappa shape index (κ3) is 3.18. The van der Waals surface area contributed by atoms with Crippen LogP contribution in [-0.4, -0.2) is 63.4 Å². The molecule has 2 aliphatic heterocycles. The first-order chi connectivity index (χ1) is 17.4. The van der Waals surface area contributed by atoms with Gasteiger partial charge in [0.1, 0.15) is 17.9 Å². The Morgan fingerprint density at radius 1 is 1.28 bits per heavy atom. The Morgan fingerprint density at radius 3 is 2.86 bits per heavy atom. The van der Waals surface area contributed by atoms with E-state index in [1.165, 1.54) is 10.7 Å². The van der Waals surface area contributed by atoms with Gasteiger partial charge in [-0.15, -0.1) is 0 Å². The number of pyridine rings is 1. The highest BCUT2D eigenvalue weighted by Gasteiger charge is 2.55. The van der Waals surface area contributed by atoms with E-state index in [9.17, 15) is 18.4 Å². The molecule has 1 amide bonds. The lowest BCUT2D eigenvalue weighted by molar-refractivity contribution is -0.102. The summed E-state index contributed by atoms with van der Waals surface area (Å²) in [5.41, 5.74) is 0.303. The van der Waals surface area contributed by atoms with Gasteiger partial charge >= 0.3 is 0 Å². The number of carbonyl (C=O) groups excluding carboxylic acids is 1. The maximum atomic E-state index is 13.7.